The number of methoxy groups -OCH3 is 1. The standard InChI is InChI=1S/C12H16O4/c1-12(2,3)10-6-5-9(16-10)8(13)7-11(14)15-4/h5-6H,7H2,1-4H3. The van der Waals surface area contributed by atoms with Crippen LogP contribution in [-0.4, -0.2) is 18.9 Å². The maximum absolute atomic E-state index is 11.6. The zero-order valence-electron chi connectivity index (χ0n) is 9.99. The van der Waals surface area contributed by atoms with E-state index in [4.69, 9.17) is 4.42 Å². The van der Waals surface area contributed by atoms with Gasteiger partial charge in [-0.1, -0.05) is 20.8 Å². The second kappa shape index (κ2) is 4.51. The molecule has 0 saturated carbocycles. The van der Waals surface area contributed by atoms with Gasteiger partial charge in [0.1, 0.15) is 12.2 Å². The van der Waals surface area contributed by atoms with E-state index in [2.05, 4.69) is 4.74 Å². The molecule has 88 valence electrons. The Labute approximate surface area is 94.6 Å². The van der Waals surface area contributed by atoms with E-state index in [0.717, 1.165) is 5.76 Å². The van der Waals surface area contributed by atoms with Crippen LogP contribution in [0, 0.1) is 0 Å². The first-order chi connectivity index (χ1) is 7.34. The Bertz CT molecular complexity index is 395. The van der Waals surface area contributed by atoms with Crippen LogP contribution in [0.25, 0.3) is 0 Å². The van der Waals surface area contributed by atoms with Crippen molar-refractivity contribution in [1.29, 1.82) is 0 Å². The third-order valence-corrected chi connectivity index (χ3v) is 2.15. The van der Waals surface area contributed by atoms with Crippen LogP contribution in [-0.2, 0) is 14.9 Å². The fourth-order valence-corrected chi connectivity index (χ4v) is 1.18. The molecule has 16 heavy (non-hydrogen) atoms. The number of Topliss-reactive ketones (excluding diaryl/α,β-unsaturated/α-hetero) is 1. The van der Waals surface area contributed by atoms with Gasteiger partial charge in [0.25, 0.3) is 0 Å². The quantitative estimate of drug-likeness (QED) is 0.449. The number of furan rings is 1. The summed E-state index contributed by atoms with van der Waals surface area (Å²) in [5.74, 6) is 0.0112. The fourth-order valence-electron chi connectivity index (χ4n) is 1.18. The number of carbonyl (C=O) groups excluding carboxylic acids is 2. The number of ketones is 1. The Morgan fingerprint density at radius 2 is 1.94 bits per heavy atom. The molecular weight excluding hydrogens is 208 g/mol. The normalized spacial score (nSPS) is 11.2. The van der Waals surface area contributed by atoms with E-state index >= 15 is 0 Å². The monoisotopic (exact) mass is 224 g/mol. The van der Waals surface area contributed by atoms with Gasteiger partial charge in [-0.25, -0.2) is 0 Å². The molecule has 1 aromatic rings. The van der Waals surface area contributed by atoms with Crippen molar-refractivity contribution < 1.29 is 18.7 Å². The molecule has 1 rings (SSSR count). The molecule has 1 aromatic heterocycles. The summed E-state index contributed by atoms with van der Waals surface area (Å²) in [5, 5.41) is 0. The molecule has 4 nitrogen and oxygen atoms in total. The molecule has 4 heteroatoms. The molecule has 0 amide bonds. The molecule has 0 bridgehead atoms. The van der Waals surface area contributed by atoms with Crippen molar-refractivity contribution >= 4 is 11.8 Å². The van der Waals surface area contributed by atoms with Crippen molar-refractivity contribution in [2.24, 2.45) is 0 Å². The first-order valence-electron chi connectivity index (χ1n) is 5.05. The molecule has 0 fully saturated rings. The van der Waals surface area contributed by atoms with Gasteiger partial charge in [-0.15, -0.1) is 0 Å². The number of ether oxygens (including phenoxy) is 1. The van der Waals surface area contributed by atoms with Crippen molar-refractivity contribution in [2.75, 3.05) is 7.11 Å². The van der Waals surface area contributed by atoms with E-state index in [1.54, 1.807) is 12.1 Å². The SMILES string of the molecule is COC(=O)CC(=O)c1ccc(C(C)(C)C)o1. The highest BCUT2D eigenvalue weighted by Gasteiger charge is 2.21. The van der Waals surface area contributed by atoms with Crippen LogP contribution in [0.5, 0.6) is 0 Å². The third kappa shape index (κ3) is 2.95. The Hall–Kier alpha value is -1.58. The number of hydrogen-bond donors (Lipinski definition) is 0. The summed E-state index contributed by atoms with van der Waals surface area (Å²) < 4.78 is 9.81. The van der Waals surface area contributed by atoms with E-state index in [9.17, 15) is 9.59 Å². The summed E-state index contributed by atoms with van der Waals surface area (Å²) in [5.41, 5.74) is -0.149. The lowest BCUT2D eigenvalue weighted by Gasteiger charge is -2.13. The second-order valence-electron chi connectivity index (χ2n) is 4.59. The van der Waals surface area contributed by atoms with Crippen molar-refractivity contribution in [3.63, 3.8) is 0 Å². The smallest absolute Gasteiger partial charge is 0.313 e. The summed E-state index contributed by atoms with van der Waals surface area (Å²) in [6.45, 7) is 5.96. The van der Waals surface area contributed by atoms with Crippen LogP contribution in [0.2, 0.25) is 0 Å². The molecule has 0 atom stereocenters. The Balaban J connectivity index is 2.79. The fraction of sp³-hybridized carbons (Fsp3) is 0.500. The molecule has 0 saturated heterocycles. The van der Waals surface area contributed by atoms with Gasteiger partial charge in [0.2, 0.25) is 5.78 Å². The maximum Gasteiger partial charge on any atom is 0.313 e. The first-order valence-corrected chi connectivity index (χ1v) is 5.05. The third-order valence-electron chi connectivity index (χ3n) is 2.15. The molecule has 0 aliphatic carbocycles. The van der Waals surface area contributed by atoms with Crippen LogP contribution in [0.1, 0.15) is 43.5 Å². The minimum absolute atomic E-state index is 0.149. The minimum atomic E-state index is -0.557. The zero-order chi connectivity index (χ0) is 12.3. The molecule has 0 aliphatic rings. The summed E-state index contributed by atoms with van der Waals surface area (Å²) in [7, 11) is 1.25. The largest absolute Gasteiger partial charge is 0.469 e. The summed E-state index contributed by atoms with van der Waals surface area (Å²) in [6.07, 6.45) is -0.284. The lowest BCUT2D eigenvalue weighted by molar-refractivity contribution is -0.139. The highest BCUT2D eigenvalue weighted by molar-refractivity contribution is 6.04. The predicted molar refractivity (Wildman–Crippen MR) is 58.4 cm³/mol. The highest BCUT2D eigenvalue weighted by atomic mass is 16.5. The van der Waals surface area contributed by atoms with Crippen LogP contribution in [0.4, 0.5) is 0 Å². The minimum Gasteiger partial charge on any atom is -0.469 e. The average Bonchev–Trinajstić information content (AvgIpc) is 2.65. The summed E-state index contributed by atoms with van der Waals surface area (Å²) in [6, 6.07) is 3.34. The Kier molecular flexibility index (Phi) is 3.52. The number of carbonyl (C=O) groups is 2. The van der Waals surface area contributed by atoms with Crippen molar-refractivity contribution in [1.82, 2.24) is 0 Å². The van der Waals surface area contributed by atoms with Crippen molar-refractivity contribution in [2.45, 2.75) is 32.6 Å². The topological polar surface area (TPSA) is 56.5 Å². The Morgan fingerprint density at radius 3 is 2.38 bits per heavy atom. The van der Waals surface area contributed by atoms with Gasteiger partial charge in [-0.05, 0) is 12.1 Å². The van der Waals surface area contributed by atoms with Gasteiger partial charge in [-0.3, -0.25) is 9.59 Å². The zero-order valence-corrected chi connectivity index (χ0v) is 9.99. The lowest BCUT2D eigenvalue weighted by Crippen LogP contribution is -2.10. The molecule has 0 radical (unpaired) electrons. The van der Waals surface area contributed by atoms with Crippen LogP contribution < -0.4 is 0 Å². The van der Waals surface area contributed by atoms with Gasteiger partial charge in [0.15, 0.2) is 5.76 Å². The molecular formula is C12H16O4. The number of hydrogen-bond acceptors (Lipinski definition) is 4. The predicted octanol–water partition coefficient (Wildman–Crippen LogP) is 2.32. The van der Waals surface area contributed by atoms with Gasteiger partial charge >= 0.3 is 5.97 Å². The van der Waals surface area contributed by atoms with Crippen LogP contribution in [0.3, 0.4) is 0 Å². The molecule has 0 N–H and O–H groups in total. The van der Waals surface area contributed by atoms with Crippen LogP contribution in [0.15, 0.2) is 16.5 Å². The van der Waals surface area contributed by atoms with Crippen LogP contribution >= 0.6 is 0 Å². The van der Waals surface area contributed by atoms with Gasteiger partial charge in [0.05, 0.1) is 7.11 Å². The van der Waals surface area contributed by atoms with E-state index in [-0.39, 0.29) is 23.4 Å². The Morgan fingerprint density at radius 1 is 1.31 bits per heavy atom. The number of rotatable bonds is 3. The molecule has 0 aliphatic heterocycles. The van der Waals surface area contributed by atoms with E-state index in [1.165, 1.54) is 7.11 Å². The van der Waals surface area contributed by atoms with Crippen molar-refractivity contribution in [3.05, 3.63) is 23.7 Å². The molecule has 1 heterocycles. The van der Waals surface area contributed by atoms with Gasteiger partial charge in [0, 0.05) is 5.41 Å². The van der Waals surface area contributed by atoms with E-state index in [1.807, 2.05) is 20.8 Å². The van der Waals surface area contributed by atoms with E-state index < -0.39 is 5.97 Å². The van der Waals surface area contributed by atoms with Crippen molar-refractivity contribution in [3.8, 4) is 0 Å². The molecule has 0 spiro atoms. The first kappa shape index (κ1) is 12.5. The number of esters is 1. The second-order valence-corrected chi connectivity index (χ2v) is 4.59. The van der Waals surface area contributed by atoms with E-state index in [0.29, 0.717) is 0 Å². The molecule has 0 aromatic carbocycles. The molecule has 0 unspecified atom stereocenters. The van der Waals surface area contributed by atoms with Gasteiger partial charge < -0.3 is 9.15 Å². The highest BCUT2D eigenvalue weighted by Crippen LogP contribution is 2.24. The average molecular weight is 224 g/mol. The summed E-state index contributed by atoms with van der Waals surface area (Å²) in [4.78, 5) is 22.5. The summed E-state index contributed by atoms with van der Waals surface area (Å²) >= 11 is 0. The maximum atomic E-state index is 11.6. The van der Waals surface area contributed by atoms with Gasteiger partial charge in [-0.2, -0.15) is 0 Å². The lowest BCUT2D eigenvalue weighted by atomic mass is 9.94.